The highest BCUT2D eigenvalue weighted by Gasteiger charge is 2.41. The number of alkyl halides is 1. The second-order valence-corrected chi connectivity index (χ2v) is 14.7. The number of nitrogens with one attached hydrogen (secondary N) is 3. The molecule has 3 amide bonds. The van der Waals surface area contributed by atoms with Crippen molar-refractivity contribution >= 4 is 42.6 Å². The van der Waals surface area contributed by atoms with Crippen LogP contribution in [0.25, 0.3) is 10.7 Å². The number of allylic oxidation sites excluding steroid dienone is 1. The lowest BCUT2D eigenvalue weighted by Gasteiger charge is -2.33. The number of halogens is 1. The number of terminal acetylenes is 2. The summed E-state index contributed by atoms with van der Waals surface area (Å²) in [5.41, 5.74) is 6.03. The lowest BCUT2D eigenvalue weighted by Crippen LogP contribution is -2.65. The van der Waals surface area contributed by atoms with Crippen LogP contribution in [0.1, 0.15) is 85.4 Å². The predicted octanol–water partition coefficient (Wildman–Crippen LogP) is 5.72. The van der Waals surface area contributed by atoms with Gasteiger partial charge in [0.05, 0.1) is 12.1 Å². The van der Waals surface area contributed by atoms with E-state index in [0.29, 0.717) is 25.3 Å². The molecule has 324 valence electrons. The minimum Gasteiger partial charge on any atom is -0.380 e. The summed E-state index contributed by atoms with van der Waals surface area (Å²) < 4.78 is 13.3. The number of carbonyl (C=O) groups is 5. The third kappa shape index (κ3) is 27.4. The smallest absolute Gasteiger partial charge is 0.244 e. The molecule has 1 aliphatic heterocycles. The second-order valence-electron chi connectivity index (χ2n) is 13.8. The van der Waals surface area contributed by atoms with E-state index in [-0.39, 0.29) is 12.5 Å². The van der Waals surface area contributed by atoms with Crippen LogP contribution in [-0.2, 0) is 24.0 Å². The fourth-order valence-corrected chi connectivity index (χ4v) is 5.07. The van der Waals surface area contributed by atoms with Crippen molar-refractivity contribution in [2.45, 2.75) is 104 Å². The number of carbonyl (C=O) groups excluding carboxylic acids is 5. The molecule has 13 nitrogen and oxygen atoms in total. The third-order valence-electron chi connectivity index (χ3n) is 7.63. The van der Waals surface area contributed by atoms with E-state index in [9.17, 15) is 18.8 Å². The Balaban J connectivity index is -0.000000396. The number of nitrogens with zero attached hydrogens (tertiary/aromatic N) is 4. The number of aryl methyl sites for hydroxylation is 1. The van der Waals surface area contributed by atoms with Gasteiger partial charge in [-0.15, -0.1) is 50.2 Å². The number of likely N-dealkylation sites (tertiary alicyclic amines) is 1. The summed E-state index contributed by atoms with van der Waals surface area (Å²) in [7, 11) is 1.39. The minimum atomic E-state index is -1.55. The molecule has 5 rings (SSSR count). The van der Waals surface area contributed by atoms with Gasteiger partial charge in [-0.05, 0) is 69.8 Å². The number of aromatic nitrogens is 3. The highest BCUT2D eigenvalue weighted by atomic mass is 32.1. The van der Waals surface area contributed by atoms with Gasteiger partial charge < -0.3 is 36.2 Å². The molecule has 1 saturated heterocycles. The molecular weight excluding hydrogens is 760 g/mol. The van der Waals surface area contributed by atoms with Crippen LogP contribution in [0.5, 0.6) is 0 Å². The Bertz CT molecular complexity index is 1430. The molecule has 3 fully saturated rings. The summed E-state index contributed by atoms with van der Waals surface area (Å²) in [5.74, 6) is 2.09. The van der Waals surface area contributed by atoms with Gasteiger partial charge in [-0.2, -0.15) is 0 Å². The van der Waals surface area contributed by atoms with E-state index in [1.807, 2.05) is 31.9 Å². The Hall–Kier alpha value is -5.25. The van der Waals surface area contributed by atoms with Crippen molar-refractivity contribution in [2.24, 2.45) is 23.5 Å². The molecule has 0 bridgehead atoms. The third-order valence-corrected chi connectivity index (χ3v) is 8.43. The fraction of sp³-hybridized carbons (Fsp3) is 0.535. The standard InChI is InChI=1S/C19H32FN5O3.C8H7N3S.C4H8.C4H10.C2H4.2C2H2.2CH2O/c1-12(9-13-6-7-13)23-10-15(26)25-8-4-5-14(25)17(27)24-16(18(28)22-3)19(2,21)11-20;1-6-9-3-2-7(11-6)8-10-4-5-12-8;1-4-2-3-4;1-4(2)3;5*1-2/h13-14,16,23H,1,4-11,21H2,2-3H3,(H,22,28)(H,24,27);2-5H,1H3;4H,2-3H2,1H3;4H,1-3H3;1-2H2;2*1-2H;2*1H2/t14-,16-,19?;;;;;;;;/m0......../s1. The Labute approximate surface area is 351 Å². The summed E-state index contributed by atoms with van der Waals surface area (Å²) in [5, 5.41) is 10.8. The summed E-state index contributed by atoms with van der Waals surface area (Å²) in [4.78, 5) is 67.3. The van der Waals surface area contributed by atoms with Crippen LogP contribution in [0.4, 0.5) is 4.39 Å². The molecule has 3 aliphatic rings. The molecule has 3 atom stereocenters. The summed E-state index contributed by atoms with van der Waals surface area (Å²) in [6.45, 7) is 25.5. The van der Waals surface area contributed by atoms with Crippen LogP contribution in [0.15, 0.2) is 49.3 Å². The van der Waals surface area contributed by atoms with Crippen LogP contribution in [0, 0.1) is 50.4 Å². The number of rotatable bonds is 11. The van der Waals surface area contributed by atoms with Crippen LogP contribution in [0.2, 0.25) is 0 Å². The van der Waals surface area contributed by atoms with Gasteiger partial charge in [0.1, 0.15) is 48.9 Å². The zero-order valence-electron chi connectivity index (χ0n) is 35.8. The molecule has 0 radical (unpaired) electrons. The molecule has 0 aromatic carbocycles. The van der Waals surface area contributed by atoms with E-state index in [1.165, 1.54) is 44.6 Å². The van der Waals surface area contributed by atoms with Gasteiger partial charge in [0, 0.05) is 37.1 Å². The molecule has 0 spiro atoms. The molecule has 3 heterocycles. The van der Waals surface area contributed by atoms with Crippen molar-refractivity contribution in [3.63, 3.8) is 0 Å². The molecule has 5 N–H and O–H groups in total. The maximum absolute atomic E-state index is 13.3. The van der Waals surface area contributed by atoms with Gasteiger partial charge in [-0.1, -0.05) is 47.1 Å². The Morgan fingerprint density at radius 3 is 1.97 bits per heavy atom. The van der Waals surface area contributed by atoms with Crippen molar-refractivity contribution in [3.8, 4) is 36.4 Å². The van der Waals surface area contributed by atoms with E-state index in [0.717, 1.165) is 40.5 Å². The van der Waals surface area contributed by atoms with E-state index in [1.54, 1.807) is 23.7 Å². The molecule has 58 heavy (non-hydrogen) atoms. The highest BCUT2D eigenvalue weighted by molar-refractivity contribution is 7.13. The van der Waals surface area contributed by atoms with E-state index < -0.39 is 36.1 Å². The summed E-state index contributed by atoms with van der Waals surface area (Å²) in [6, 6.07) is -0.0659. The molecule has 1 unspecified atom stereocenters. The number of hydrogen-bond acceptors (Lipinski definition) is 11. The van der Waals surface area contributed by atoms with Gasteiger partial charge in [0.2, 0.25) is 17.7 Å². The van der Waals surface area contributed by atoms with E-state index in [4.69, 9.17) is 15.3 Å². The zero-order valence-corrected chi connectivity index (χ0v) is 36.6. The van der Waals surface area contributed by atoms with Gasteiger partial charge in [-0.25, -0.2) is 19.3 Å². The molecule has 2 aromatic rings. The Morgan fingerprint density at radius 2 is 1.55 bits per heavy atom. The number of likely N-dealkylation sites (N-methyl/N-ethyl adjacent to an activating group) is 1. The number of nitrogens with two attached hydrogens (primary N) is 1. The van der Waals surface area contributed by atoms with Gasteiger partial charge in [0.25, 0.3) is 0 Å². The van der Waals surface area contributed by atoms with Crippen LogP contribution in [-0.4, -0.2) is 95.6 Å². The first-order chi connectivity index (χ1) is 27.7. The maximum atomic E-state index is 13.3. The van der Waals surface area contributed by atoms with Crippen molar-refractivity contribution in [3.05, 3.63) is 55.1 Å². The maximum Gasteiger partial charge on any atom is 0.244 e. The summed E-state index contributed by atoms with van der Waals surface area (Å²) >= 11 is 1.58. The number of thiazole rings is 1. The minimum absolute atomic E-state index is 0.0767. The lowest BCUT2D eigenvalue weighted by molar-refractivity contribution is -0.139. The SMILES string of the molecule is C#C.C#C.C=C.C=C(CC1CC1)NCC(=O)N1CCC[C@H]1C(=O)N[C@@H](C(=O)NC)C(C)(N)CF.C=O.C=O.CC(C)C.CC1CC1.Cc1nccc(-c2nccs2)n1. The van der Waals surface area contributed by atoms with Crippen LogP contribution in [0.3, 0.4) is 0 Å². The molecule has 2 saturated carbocycles. The quantitative estimate of drug-likeness (QED) is 0.161. The molecule has 2 aromatic heterocycles. The van der Waals surface area contributed by atoms with Crippen LogP contribution < -0.4 is 21.7 Å². The van der Waals surface area contributed by atoms with Crippen molar-refractivity contribution < 1.29 is 28.4 Å². The topological polar surface area (TPSA) is 189 Å². The Morgan fingerprint density at radius 1 is 1.02 bits per heavy atom. The first-order valence-electron chi connectivity index (χ1n) is 18.7. The van der Waals surface area contributed by atoms with Crippen molar-refractivity contribution in [1.82, 2.24) is 35.8 Å². The van der Waals surface area contributed by atoms with E-state index >= 15 is 0 Å². The molecule has 15 heteroatoms. The largest absolute Gasteiger partial charge is 0.380 e. The molecule has 2 aliphatic carbocycles. The first kappa shape index (κ1) is 59.4. The molecular formula is C43H69FN8O5S. The van der Waals surface area contributed by atoms with Crippen molar-refractivity contribution in [2.75, 3.05) is 26.8 Å². The average molecular weight is 829 g/mol. The average Bonchev–Trinajstić information content (AvgIpc) is 4.09. The van der Waals surface area contributed by atoms with Gasteiger partial charge in [0.15, 0.2) is 0 Å². The first-order valence-corrected chi connectivity index (χ1v) is 19.6. The monoisotopic (exact) mass is 829 g/mol. The number of hydrogen-bond donors (Lipinski definition) is 4. The van der Waals surface area contributed by atoms with E-state index in [2.05, 4.69) is 104 Å². The normalized spacial score (nSPS) is 15.5. The fourth-order valence-electron chi connectivity index (χ4n) is 4.46. The summed E-state index contributed by atoms with van der Waals surface area (Å²) in [6.07, 6.45) is 26.9. The second kappa shape index (κ2) is 36.1. The Kier molecular flexibility index (Phi) is 37.0. The zero-order chi connectivity index (χ0) is 45.9. The highest BCUT2D eigenvalue weighted by Crippen LogP contribution is 2.34. The predicted molar refractivity (Wildman–Crippen MR) is 236 cm³/mol. The van der Waals surface area contributed by atoms with Crippen molar-refractivity contribution in [1.29, 1.82) is 0 Å². The lowest BCUT2D eigenvalue weighted by atomic mass is 9.93. The van der Waals surface area contributed by atoms with Crippen LogP contribution >= 0.6 is 11.3 Å². The van der Waals surface area contributed by atoms with Gasteiger partial charge in [-0.3, -0.25) is 14.4 Å². The number of amides is 3. The van der Waals surface area contributed by atoms with Gasteiger partial charge >= 0.3 is 0 Å².